The number of Topliss-reactive ketones (excluding diaryl/α,β-unsaturated/α-hetero) is 1. The summed E-state index contributed by atoms with van der Waals surface area (Å²) in [6, 6.07) is 8.91. The summed E-state index contributed by atoms with van der Waals surface area (Å²) >= 11 is 1.51. The van der Waals surface area contributed by atoms with Crippen LogP contribution >= 0.6 is 11.3 Å². The number of ketones is 1. The number of rotatable bonds is 5. The Bertz CT molecular complexity index is 606. The quantitative estimate of drug-likeness (QED) is 0.627. The molecule has 0 aliphatic heterocycles. The van der Waals surface area contributed by atoms with E-state index in [4.69, 9.17) is 0 Å². The summed E-state index contributed by atoms with van der Waals surface area (Å²) in [5.41, 5.74) is 0.447. The maximum atomic E-state index is 12.4. The van der Waals surface area contributed by atoms with Crippen LogP contribution in [0.5, 0.6) is 0 Å². The van der Waals surface area contributed by atoms with Crippen LogP contribution in [0.1, 0.15) is 28.2 Å². The molecule has 5 heteroatoms. The second-order valence-electron chi connectivity index (χ2n) is 4.79. The van der Waals surface area contributed by atoms with Gasteiger partial charge in [0.2, 0.25) is 5.78 Å². The van der Waals surface area contributed by atoms with Crippen molar-refractivity contribution in [3.8, 4) is 0 Å². The van der Waals surface area contributed by atoms with Crippen LogP contribution in [0.3, 0.4) is 0 Å². The van der Waals surface area contributed by atoms with Crippen molar-refractivity contribution < 1.29 is 9.59 Å². The molecule has 1 heterocycles. The molecule has 1 saturated carbocycles. The minimum absolute atomic E-state index is 0.194. The van der Waals surface area contributed by atoms with E-state index in [1.165, 1.54) is 11.3 Å². The van der Waals surface area contributed by atoms with Crippen molar-refractivity contribution in [2.24, 2.45) is 0 Å². The van der Waals surface area contributed by atoms with Crippen molar-refractivity contribution in [2.45, 2.75) is 25.4 Å². The lowest BCUT2D eigenvalue weighted by molar-refractivity contribution is -0.127. The zero-order chi connectivity index (χ0) is 13.9. The van der Waals surface area contributed by atoms with E-state index in [1.807, 2.05) is 11.4 Å². The van der Waals surface area contributed by atoms with Gasteiger partial charge in [-0.15, -0.1) is 11.3 Å². The third kappa shape index (κ3) is 2.77. The Balaban J connectivity index is 1.77. The number of amides is 1. The van der Waals surface area contributed by atoms with Crippen molar-refractivity contribution in [2.75, 3.05) is 0 Å². The van der Waals surface area contributed by atoms with E-state index < -0.39 is 11.7 Å². The average molecular weight is 286 g/mol. The Morgan fingerprint density at radius 3 is 2.60 bits per heavy atom. The standard InChI is InChI=1S/C15H14N2O2S/c18-14(11-4-2-1-3-5-11)15(19)17(12-6-7-12)10-13-16-8-9-20-13/h1-5,8-9,12H,6-7,10H2. The molecule has 0 atom stereocenters. The Morgan fingerprint density at radius 1 is 1.25 bits per heavy atom. The first kappa shape index (κ1) is 13.0. The van der Waals surface area contributed by atoms with Gasteiger partial charge in [0.15, 0.2) is 0 Å². The fourth-order valence-electron chi connectivity index (χ4n) is 2.07. The number of hydrogen-bond acceptors (Lipinski definition) is 4. The van der Waals surface area contributed by atoms with Gasteiger partial charge >= 0.3 is 0 Å². The molecule has 3 rings (SSSR count). The largest absolute Gasteiger partial charge is 0.326 e. The van der Waals surface area contributed by atoms with Gasteiger partial charge in [0.1, 0.15) is 5.01 Å². The molecular weight excluding hydrogens is 272 g/mol. The van der Waals surface area contributed by atoms with E-state index in [0.29, 0.717) is 12.1 Å². The maximum Gasteiger partial charge on any atom is 0.295 e. The second-order valence-corrected chi connectivity index (χ2v) is 5.76. The van der Waals surface area contributed by atoms with Crippen molar-refractivity contribution in [1.82, 2.24) is 9.88 Å². The highest BCUT2D eigenvalue weighted by atomic mass is 32.1. The summed E-state index contributed by atoms with van der Waals surface area (Å²) in [6.07, 6.45) is 3.66. The number of aromatic nitrogens is 1. The monoisotopic (exact) mass is 286 g/mol. The Kier molecular flexibility index (Phi) is 3.60. The summed E-state index contributed by atoms with van der Waals surface area (Å²) in [6.45, 7) is 0.430. The van der Waals surface area contributed by atoms with E-state index in [0.717, 1.165) is 17.8 Å². The zero-order valence-corrected chi connectivity index (χ0v) is 11.7. The summed E-state index contributed by atoms with van der Waals surface area (Å²) in [5.74, 6) is -0.858. The van der Waals surface area contributed by atoms with Gasteiger partial charge in [-0.3, -0.25) is 9.59 Å². The number of carbonyl (C=O) groups excluding carboxylic acids is 2. The van der Waals surface area contributed by atoms with Crippen LogP contribution in [-0.4, -0.2) is 27.6 Å². The number of nitrogens with zero attached hydrogens (tertiary/aromatic N) is 2. The fourth-order valence-corrected chi connectivity index (χ4v) is 2.69. The van der Waals surface area contributed by atoms with Gasteiger partial charge in [0.05, 0.1) is 6.54 Å². The molecule has 2 aromatic rings. The van der Waals surface area contributed by atoms with Crippen LogP contribution in [0.25, 0.3) is 0 Å². The highest BCUT2D eigenvalue weighted by Gasteiger charge is 2.36. The summed E-state index contributed by atoms with van der Waals surface area (Å²) in [4.78, 5) is 30.5. The molecule has 1 fully saturated rings. The predicted molar refractivity (Wildman–Crippen MR) is 76.5 cm³/mol. The average Bonchev–Trinajstić information content (AvgIpc) is 3.21. The molecule has 1 aromatic carbocycles. The van der Waals surface area contributed by atoms with Gasteiger partial charge in [-0.05, 0) is 12.8 Å². The van der Waals surface area contributed by atoms with Crippen molar-refractivity contribution >= 4 is 23.0 Å². The summed E-state index contributed by atoms with van der Waals surface area (Å²) < 4.78 is 0. The third-order valence-corrected chi connectivity index (χ3v) is 4.03. The van der Waals surface area contributed by atoms with E-state index in [2.05, 4.69) is 4.98 Å². The van der Waals surface area contributed by atoms with Crippen LogP contribution in [-0.2, 0) is 11.3 Å². The van der Waals surface area contributed by atoms with Crippen molar-refractivity contribution in [1.29, 1.82) is 0 Å². The highest BCUT2D eigenvalue weighted by molar-refractivity contribution is 7.09. The normalized spacial score (nSPS) is 14.0. The molecule has 0 N–H and O–H groups in total. The molecule has 1 amide bonds. The molecule has 20 heavy (non-hydrogen) atoms. The number of carbonyl (C=O) groups is 2. The van der Waals surface area contributed by atoms with E-state index in [9.17, 15) is 9.59 Å². The van der Waals surface area contributed by atoms with Crippen LogP contribution in [0.2, 0.25) is 0 Å². The molecule has 0 unspecified atom stereocenters. The van der Waals surface area contributed by atoms with Gasteiger partial charge in [-0.25, -0.2) is 4.98 Å². The Labute approximate surface area is 121 Å². The van der Waals surface area contributed by atoms with Crippen LogP contribution < -0.4 is 0 Å². The Morgan fingerprint density at radius 2 is 2.00 bits per heavy atom. The van der Waals surface area contributed by atoms with Gasteiger partial charge in [-0.1, -0.05) is 30.3 Å². The number of benzene rings is 1. The first-order valence-corrected chi connectivity index (χ1v) is 7.42. The van der Waals surface area contributed by atoms with Gasteiger partial charge in [0.25, 0.3) is 5.91 Å². The summed E-state index contributed by atoms with van der Waals surface area (Å²) in [5, 5.41) is 2.75. The first-order valence-electron chi connectivity index (χ1n) is 6.54. The molecule has 4 nitrogen and oxygen atoms in total. The maximum absolute atomic E-state index is 12.4. The molecule has 0 saturated heterocycles. The lowest BCUT2D eigenvalue weighted by Crippen LogP contribution is -2.37. The topological polar surface area (TPSA) is 50.3 Å². The minimum atomic E-state index is -0.436. The molecule has 102 valence electrons. The molecule has 0 spiro atoms. The number of hydrogen-bond donors (Lipinski definition) is 0. The number of thiazole rings is 1. The molecule has 0 bridgehead atoms. The molecule has 1 aromatic heterocycles. The molecule has 1 aliphatic carbocycles. The van der Waals surface area contributed by atoms with E-state index in [-0.39, 0.29) is 6.04 Å². The second kappa shape index (κ2) is 5.54. The van der Waals surface area contributed by atoms with Gasteiger partial charge in [0, 0.05) is 23.2 Å². The van der Waals surface area contributed by atoms with Gasteiger partial charge < -0.3 is 4.90 Å². The third-order valence-electron chi connectivity index (χ3n) is 3.27. The van der Waals surface area contributed by atoms with Crippen molar-refractivity contribution in [3.63, 3.8) is 0 Å². The molecule has 1 aliphatic rings. The van der Waals surface area contributed by atoms with Crippen LogP contribution in [0.15, 0.2) is 41.9 Å². The van der Waals surface area contributed by atoms with E-state index >= 15 is 0 Å². The molecular formula is C15H14N2O2S. The van der Waals surface area contributed by atoms with E-state index in [1.54, 1.807) is 35.4 Å². The summed E-state index contributed by atoms with van der Waals surface area (Å²) in [7, 11) is 0. The Hall–Kier alpha value is -2.01. The van der Waals surface area contributed by atoms with Crippen LogP contribution in [0.4, 0.5) is 0 Å². The van der Waals surface area contributed by atoms with Crippen LogP contribution in [0, 0.1) is 0 Å². The van der Waals surface area contributed by atoms with Gasteiger partial charge in [-0.2, -0.15) is 0 Å². The minimum Gasteiger partial charge on any atom is -0.326 e. The lowest BCUT2D eigenvalue weighted by Gasteiger charge is -2.20. The lowest BCUT2D eigenvalue weighted by atomic mass is 10.1. The SMILES string of the molecule is O=C(C(=O)N(Cc1nccs1)C1CC1)c1ccccc1. The highest BCUT2D eigenvalue weighted by Crippen LogP contribution is 2.29. The zero-order valence-electron chi connectivity index (χ0n) is 10.9. The fraction of sp³-hybridized carbons (Fsp3) is 0.267. The predicted octanol–water partition coefficient (Wildman–Crippen LogP) is 2.52. The molecule has 0 radical (unpaired) electrons. The first-order chi connectivity index (χ1) is 9.75. The smallest absolute Gasteiger partial charge is 0.295 e. The van der Waals surface area contributed by atoms with Crippen molar-refractivity contribution in [3.05, 3.63) is 52.5 Å².